The average Bonchev–Trinajstić information content (AvgIpc) is 2.15. The second kappa shape index (κ2) is 6.30. The van der Waals surface area contributed by atoms with Crippen LogP contribution in [-0.4, -0.2) is 18.1 Å². The molecule has 1 nitrogen and oxygen atoms in total. The third-order valence-electron chi connectivity index (χ3n) is 1.74. The minimum Gasteiger partial charge on any atom is -0.330 e. The molecule has 0 unspecified atom stereocenters. The van der Waals surface area contributed by atoms with E-state index in [0.717, 1.165) is 29.5 Å². The lowest BCUT2D eigenvalue weighted by Gasteiger charge is -2.02. The highest BCUT2D eigenvalue weighted by molar-refractivity contribution is 7.99. The van der Waals surface area contributed by atoms with E-state index >= 15 is 0 Å². The highest BCUT2D eigenvalue weighted by atomic mass is 35.5. The molecule has 0 saturated heterocycles. The molecule has 72 valence electrons. The number of aryl methyl sites for hydroxylation is 1. The van der Waals surface area contributed by atoms with Crippen molar-refractivity contribution < 1.29 is 0 Å². The molecular formula is C10H14ClNS. The summed E-state index contributed by atoms with van der Waals surface area (Å²) in [7, 11) is 0. The monoisotopic (exact) mass is 215 g/mol. The molecule has 1 rings (SSSR count). The van der Waals surface area contributed by atoms with Crippen molar-refractivity contribution in [1.29, 1.82) is 0 Å². The second-order valence-corrected chi connectivity index (χ2v) is 4.37. The minimum atomic E-state index is 0.757. The molecule has 0 bridgehead atoms. The molecule has 1 aromatic rings. The molecule has 0 spiro atoms. The van der Waals surface area contributed by atoms with Crippen molar-refractivity contribution in [3.63, 3.8) is 0 Å². The minimum absolute atomic E-state index is 0.757. The number of hydrogen-bond donors (Lipinski definition) is 1. The van der Waals surface area contributed by atoms with E-state index in [1.807, 2.05) is 30.0 Å². The lowest BCUT2D eigenvalue weighted by molar-refractivity contribution is 1.12. The van der Waals surface area contributed by atoms with E-state index in [0.29, 0.717) is 0 Å². The van der Waals surface area contributed by atoms with Crippen LogP contribution in [0.4, 0.5) is 0 Å². The Morgan fingerprint density at radius 2 is 2.00 bits per heavy atom. The number of nitrogens with two attached hydrogens (primary N) is 1. The van der Waals surface area contributed by atoms with Crippen molar-refractivity contribution in [2.45, 2.75) is 6.42 Å². The molecule has 1 aromatic carbocycles. The van der Waals surface area contributed by atoms with E-state index < -0.39 is 0 Å². The Labute approximate surface area is 88.7 Å². The molecule has 0 aliphatic rings. The number of thioether (sulfide) groups is 1. The maximum atomic E-state index is 6.00. The Morgan fingerprint density at radius 1 is 1.23 bits per heavy atom. The molecule has 3 heteroatoms. The summed E-state index contributed by atoms with van der Waals surface area (Å²) in [5.41, 5.74) is 6.62. The van der Waals surface area contributed by atoms with Gasteiger partial charge in [-0.05, 0) is 23.8 Å². The van der Waals surface area contributed by atoms with E-state index in [-0.39, 0.29) is 0 Å². The number of hydrogen-bond acceptors (Lipinski definition) is 2. The van der Waals surface area contributed by atoms with Crippen LogP contribution in [0.25, 0.3) is 0 Å². The zero-order valence-electron chi connectivity index (χ0n) is 7.50. The van der Waals surface area contributed by atoms with Gasteiger partial charge in [-0.2, -0.15) is 11.8 Å². The van der Waals surface area contributed by atoms with Gasteiger partial charge < -0.3 is 5.73 Å². The standard InChI is InChI=1S/C10H14ClNS/c11-10-4-2-1-3-9(10)5-7-13-8-6-12/h1-4H,5-8,12H2. The third kappa shape index (κ3) is 4.03. The molecular weight excluding hydrogens is 202 g/mol. The van der Waals surface area contributed by atoms with Gasteiger partial charge in [-0.15, -0.1) is 0 Å². The highest BCUT2D eigenvalue weighted by Gasteiger charge is 1.97. The maximum absolute atomic E-state index is 6.00. The van der Waals surface area contributed by atoms with Gasteiger partial charge in [0.2, 0.25) is 0 Å². The second-order valence-electron chi connectivity index (χ2n) is 2.74. The van der Waals surface area contributed by atoms with Crippen LogP contribution in [0, 0.1) is 0 Å². The molecule has 0 saturated carbocycles. The van der Waals surface area contributed by atoms with Crippen LogP contribution < -0.4 is 5.73 Å². The summed E-state index contributed by atoms with van der Waals surface area (Å²) in [4.78, 5) is 0. The molecule has 0 aliphatic carbocycles. The molecule has 0 aliphatic heterocycles. The molecule has 2 N–H and O–H groups in total. The molecule has 0 fully saturated rings. The van der Waals surface area contributed by atoms with Gasteiger partial charge in [-0.25, -0.2) is 0 Å². The largest absolute Gasteiger partial charge is 0.330 e. The molecule has 13 heavy (non-hydrogen) atoms. The Kier molecular flexibility index (Phi) is 5.28. The average molecular weight is 216 g/mol. The van der Waals surface area contributed by atoms with Gasteiger partial charge in [-0.3, -0.25) is 0 Å². The van der Waals surface area contributed by atoms with Crippen molar-refractivity contribution in [3.05, 3.63) is 34.9 Å². The first-order chi connectivity index (χ1) is 6.34. The van der Waals surface area contributed by atoms with Crippen molar-refractivity contribution >= 4 is 23.4 Å². The number of rotatable bonds is 5. The zero-order chi connectivity index (χ0) is 9.52. The summed E-state index contributed by atoms with van der Waals surface area (Å²) >= 11 is 7.88. The van der Waals surface area contributed by atoms with Gasteiger partial charge in [0.05, 0.1) is 0 Å². The van der Waals surface area contributed by atoms with E-state index in [9.17, 15) is 0 Å². The van der Waals surface area contributed by atoms with Crippen molar-refractivity contribution in [1.82, 2.24) is 0 Å². The Hall–Kier alpha value is -0.180. The van der Waals surface area contributed by atoms with Crippen molar-refractivity contribution in [3.8, 4) is 0 Å². The predicted octanol–water partition coefficient (Wildman–Crippen LogP) is 2.57. The van der Waals surface area contributed by atoms with Crippen LogP contribution in [0.15, 0.2) is 24.3 Å². The predicted molar refractivity (Wildman–Crippen MR) is 61.5 cm³/mol. The highest BCUT2D eigenvalue weighted by Crippen LogP contribution is 2.16. The smallest absolute Gasteiger partial charge is 0.0438 e. The van der Waals surface area contributed by atoms with Gasteiger partial charge in [0.1, 0.15) is 0 Å². The van der Waals surface area contributed by atoms with Gasteiger partial charge >= 0.3 is 0 Å². The lowest BCUT2D eigenvalue weighted by Crippen LogP contribution is -2.02. The Balaban J connectivity index is 2.32. The van der Waals surface area contributed by atoms with Gasteiger partial charge in [0.15, 0.2) is 0 Å². The molecule has 0 radical (unpaired) electrons. The van der Waals surface area contributed by atoms with Gasteiger partial charge in [0.25, 0.3) is 0 Å². The SMILES string of the molecule is NCCSCCc1ccccc1Cl. The summed E-state index contributed by atoms with van der Waals surface area (Å²) in [6, 6.07) is 7.99. The van der Waals surface area contributed by atoms with Crippen LogP contribution in [0.5, 0.6) is 0 Å². The van der Waals surface area contributed by atoms with Crippen LogP contribution >= 0.6 is 23.4 Å². The molecule has 0 heterocycles. The van der Waals surface area contributed by atoms with Crippen LogP contribution in [0.1, 0.15) is 5.56 Å². The molecule has 0 aromatic heterocycles. The lowest BCUT2D eigenvalue weighted by atomic mass is 10.2. The van der Waals surface area contributed by atoms with E-state index in [4.69, 9.17) is 17.3 Å². The Morgan fingerprint density at radius 3 is 2.69 bits per heavy atom. The fraction of sp³-hybridized carbons (Fsp3) is 0.400. The molecule has 0 amide bonds. The summed E-state index contributed by atoms with van der Waals surface area (Å²) in [6.07, 6.45) is 1.03. The van der Waals surface area contributed by atoms with Crippen molar-refractivity contribution in [2.24, 2.45) is 5.73 Å². The summed E-state index contributed by atoms with van der Waals surface area (Å²) in [5.74, 6) is 2.13. The quantitative estimate of drug-likeness (QED) is 0.765. The zero-order valence-corrected chi connectivity index (χ0v) is 9.07. The van der Waals surface area contributed by atoms with Crippen LogP contribution in [0.3, 0.4) is 0 Å². The van der Waals surface area contributed by atoms with Crippen molar-refractivity contribution in [2.75, 3.05) is 18.1 Å². The van der Waals surface area contributed by atoms with Gasteiger partial charge in [0, 0.05) is 17.3 Å². The first-order valence-electron chi connectivity index (χ1n) is 4.36. The van der Waals surface area contributed by atoms with E-state index in [2.05, 4.69) is 6.07 Å². The van der Waals surface area contributed by atoms with Crippen LogP contribution in [-0.2, 0) is 6.42 Å². The fourth-order valence-electron chi connectivity index (χ4n) is 1.07. The van der Waals surface area contributed by atoms with Crippen LogP contribution in [0.2, 0.25) is 5.02 Å². The third-order valence-corrected chi connectivity index (χ3v) is 3.12. The van der Waals surface area contributed by atoms with E-state index in [1.54, 1.807) is 0 Å². The first-order valence-corrected chi connectivity index (χ1v) is 5.89. The number of benzene rings is 1. The normalized spacial score (nSPS) is 10.3. The first kappa shape index (κ1) is 10.9. The van der Waals surface area contributed by atoms with E-state index in [1.165, 1.54) is 5.56 Å². The summed E-state index contributed by atoms with van der Waals surface area (Å²) < 4.78 is 0. The fourth-order valence-corrected chi connectivity index (χ4v) is 2.03. The maximum Gasteiger partial charge on any atom is 0.0438 e. The molecule has 0 atom stereocenters. The topological polar surface area (TPSA) is 26.0 Å². The van der Waals surface area contributed by atoms with Gasteiger partial charge in [-0.1, -0.05) is 29.8 Å². The number of halogens is 1. The Bertz CT molecular complexity index is 252. The summed E-state index contributed by atoms with van der Waals surface area (Å²) in [6.45, 7) is 0.757. The summed E-state index contributed by atoms with van der Waals surface area (Å²) in [5, 5.41) is 0.871.